The van der Waals surface area contributed by atoms with E-state index in [4.69, 9.17) is 37.0 Å². The predicted octanol–water partition coefficient (Wildman–Crippen LogP) is 19.0. The number of hydrogen-bond donors (Lipinski definition) is 3. The molecule has 510 valence electrons. The maximum atomic E-state index is 13.0. The number of carbonyl (C=O) groups is 4. The van der Waals surface area contributed by atoms with Crippen molar-refractivity contribution < 1.29 is 80.2 Å². The molecule has 0 aromatic carbocycles. The summed E-state index contributed by atoms with van der Waals surface area (Å²) in [4.78, 5) is 72.1. The molecule has 0 saturated carbocycles. The van der Waals surface area contributed by atoms with Gasteiger partial charge in [-0.15, -0.1) is 0 Å². The first-order valence-electron chi connectivity index (χ1n) is 35.1. The molecule has 0 saturated heterocycles. The minimum atomic E-state index is -4.94. The summed E-state index contributed by atoms with van der Waals surface area (Å²) in [6.45, 7) is 7.18. The second-order valence-electron chi connectivity index (χ2n) is 24.7. The van der Waals surface area contributed by atoms with Crippen molar-refractivity contribution in [2.45, 2.75) is 361 Å². The Hall–Kier alpha value is -1.94. The maximum Gasteiger partial charge on any atom is 0.472 e. The van der Waals surface area contributed by atoms with Gasteiger partial charge in [-0.25, -0.2) is 9.13 Å². The topological polar surface area (TPSA) is 237 Å². The van der Waals surface area contributed by atoms with Crippen LogP contribution < -0.4 is 0 Å². The maximum absolute atomic E-state index is 13.0. The van der Waals surface area contributed by atoms with Crippen molar-refractivity contribution in [3.05, 3.63) is 0 Å². The summed E-state index contributed by atoms with van der Waals surface area (Å²) in [7, 11) is -9.88. The molecule has 0 spiro atoms. The zero-order chi connectivity index (χ0) is 63.5. The fourth-order valence-corrected chi connectivity index (χ4v) is 11.7. The SMILES string of the molecule is CCCCCCCCCCCC(=O)OC[C@H](COP(=O)(O)OC[C@@H](O)COP(=O)(O)OC[C@@H](COC(=O)CCCCCCCCCC)OC(=O)CCCCCCCCCC)OC(=O)CCCCCCCCCCCCCCCCCCCCC(C)C. The third-order valence-electron chi connectivity index (χ3n) is 15.5. The van der Waals surface area contributed by atoms with Crippen LogP contribution in [0.2, 0.25) is 0 Å². The number of ether oxygens (including phenoxy) is 4. The minimum Gasteiger partial charge on any atom is -0.462 e. The highest BCUT2D eigenvalue weighted by Gasteiger charge is 2.30. The zero-order valence-electron chi connectivity index (χ0n) is 55.4. The lowest BCUT2D eigenvalue weighted by atomic mass is 10.0. The average Bonchev–Trinajstić information content (AvgIpc) is 3.52. The summed E-state index contributed by atoms with van der Waals surface area (Å²) in [5.74, 6) is -1.31. The molecule has 17 nitrogen and oxygen atoms in total. The first-order chi connectivity index (χ1) is 41.5. The highest BCUT2D eigenvalue weighted by Crippen LogP contribution is 2.45. The molecule has 0 rings (SSSR count). The lowest BCUT2D eigenvalue weighted by molar-refractivity contribution is -0.161. The number of hydrogen-bond acceptors (Lipinski definition) is 15. The van der Waals surface area contributed by atoms with E-state index in [-0.39, 0.29) is 25.7 Å². The van der Waals surface area contributed by atoms with Crippen molar-refractivity contribution in [1.82, 2.24) is 0 Å². The average molecular weight is 1270 g/mol. The van der Waals surface area contributed by atoms with Crippen LogP contribution in [0.25, 0.3) is 0 Å². The van der Waals surface area contributed by atoms with Crippen LogP contribution in [0.5, 0.6) is 0 Å². The van der Waals surface area contributed by atoms with E-state index in [1.165, 1.54) is 154 Å². The van der Waals surface area contributed by atoms with Gasteiger partial charge in [0.25, 0.3) is 0 Å². The second-order valence-corrected chi connectivity index (χ2v) is 27.6. The van der Waals surface area contributed by atoms with Crippen LogP contribution in [0.3, 0.4) is 0 Å². The van der Waals surface area contributed by atoms with Crippen molar-refractivity contribution >= 4 is 39.5 Å². The molecule has 0 amide bonds. The Kier molecular flexibility index (Phi) is 59.2. The minimum absolute atomic E-state index is 0.105. The van der Waals surface area contributed by atoms with Gasteiger partial charge in [0.1, 0.15) is 19.3 Å². The van der Waals surface area contributed by atoms with Gasteiger partial charge in [-0.05, 0) is 31.6 Å². The van der Waals surface area contributed by atoms with Crippen molar-refractivity contribution in [2.24, 2.45) is 5.92 Å². The molecule has 19 heteroatoms. The van der Waals surface area contributed by atoms with E-state index in [9.17, 15) is 43.2 Å². The van der Waals surface area contributed by atoms with Gasteiger partial charge >= 0.3 is 39.5 Å². The van der Waals surface area contributed by atoms with E-state index in [1.807, 2.05) is 0 Å². The molecule has 5 atom stereocenters. The van der Waals surface area contributed by atoms with Gasteiger partial charge in [0.05, 0.1) is 26.4 Å². The third kappa shape index (κ3) is 60.9. The molecule has 0 bridgehead atoms. The summed E-state index contributed by atoms with van der Waals surface area (Å²) in [5, 5.41) is 10.5. The van der Waals surface area contributed by atoms with Gasteiger partial charge in [0, 0.05) is 25.7 Å². The van der Waals surface area contributed by atoms with Crippen LogP contribution >= 0.6 is 15.6 Å². The molecular weight excluding hydrogens is 1140 g/mol. The Morgan fingerprint density at radius 2 is 0.535 bits per heavy atom. The highest BCUT2D eigenvalue weighted by atomic mass is 31.2. The van der Waals surface area contributed by atoms with Crippen molar-refractivity contribution in [3.8, 4) is 0 Å². The lowest BCUT2D eigenvalue weighted by Gasteiger charge is -2.21. The molecule has 0 heterocycles. The lowest BCUT2D eigenvalue weighted by Crippen LogP contribution is -2.30. The van der Waals surface area contributed by atoms with E-state index in [1.54, 1.807) is 0 Å². The molecule has 0 aliphatic heterocycles. The van der Waals surface area contributed by atoms with E-state index in [2.05, 4.69) is 34.6 Å². The Labute approximate surface area is 524 Å². The Balaban J connectivity index is 5.08. The molecule has 0 aliphatic rings. The van der Waals surface area contributed by atoms with Crippen LogP contribution in [0, 0.1) is 5.92 Å². The molecule has 0 aliphatic carbocycles. The van der Waals surface area contributed by atoms with E-state index in [0.717, 1.165) is 109 Å². The molecular formula is C67H130O17P2. The first kappa shape index (κ1) is 84.1. The summed E-state index contributed by atoms with van der Waals surface area (Å²) in [6.07, 6.45) is 46.1. The largest absolute Gasteiger partial charge is 0.472 e. The van der Waals surface area contributed by atoms with Gasteiger partial charge in [0.2, 0.25) is 0 Å². The Morgan fingerprint density at radius 3 is 0.791 bits per heavy atom. The number of aliphatic hydroxyl groups excluding tert-OH is 1. The van der Waals surface area contributed by atoms with E-state index < -0.39 is 97.5 Å². The molecule has 86 heavy (non-hydrogen) atoms. The number of phosphoric ester groups is 2. The molecule has 0 aromatic heterocycles. The highest BCUT2D eigenvalue weighted by molar-refractivity contribution is 7.47. The number of rotatable bonds is 67. The first-order valence-corrected chi connectivity index (χ1v) is 38.1. The van der Waals surface area contributed by atoms with Crippen molar-refractivity contribution in [2.75, 3.05) is 39.6 Å². The second kappa shape index (κ2) is 60.6. The Bertz CT molecular complexity index is 1670. The quantitative estimate of drug-likeness (QED) is 0.0222. The number of unbranched alkanes of at least 4 members (excludes halogenated alkanes) is 39. The Morgan fingerprint density at radius 1 is 0.314 bits per heavy atom. The van der Waals surface area contributed by atoms with Crippen LogP contribution in [-0.4, -0.2) is 96.7 Å². The van der Waals surface area contributed by atoms with Crippen molar-refractivity contribution in [1.29, 1.82) is 0 Å². The fraction of sp³-hybridized carbons (Fsp3) is 0.940. The summed E-state index contributed by atoms with van der Waals surface area (Å²) < 4.78 is 67.9. The number of carbonyl (C=O) groups excluding carboxylic acids is 4. The molecule has 0 aromatic rings. The van der Waals surface area contributed by atoms with Gasteiger partial charge < -0.3 is 33.8 Å². The van der Waals surface area contributed by atoms with Crippen LogP contribution in [-0.2, 0) is 65.4 Å². The van der Waals surface area contributed by atoms with Gasteiger partial charge in [-0.2, -0.15) is 0 Å². The molecule has 2 unspecified atom stereocenters. The smallest absolute Gasteiger partial charge is 0.462 e. The predicted molar refractivity (Wildman–Crippen MR) is 345 cm³/mol. The standard InChI is InChI=1S/C67H130O17P2/c1-6-9-12-15-18-31-37-41-46-51-65(70)78-57-63(84-67(72)53-48-43-38-33-30-28-26-24-22-21-23-25-27-29-32-34-39-44-49-60(4)5)59-82-86(75,76)80-55-61(68)54-79-85(73,74)81-58-62(83-66(71)52-47-42-36-20-17-14-11-8-3)56-77-64(69)50-45-40-35-19-16-13-10-7-2/h60-63,68H,6-59H2,1-5H3,(H,73,74)(H,75,76)/t61-,62+,63+/m0/s1. The summed E-state index contributed by atoms with van der Waals surface area (Å²) in [5.41, 5.74) is 0. The van der Waals surface area contributed by atoms with Gasteiger partial charge in [-0.1, -0.05) is 291 Å². The number of aliphatic hydroxyl groups is 1. The summed E-state index contributed by atoms with van der Waals surface area (Å²) in [6, 6.07) is 0. The fourth-order valence-electron chi connectivity index (χ4n) is 10.1. The van der Waals surface area contributed by atoms with Crippen LogP contribution in [0.4, 0.5) is 0 Å². The summed E-state index contributed by atoms with van der Waals surface area (Å²) >= 11 is 0. The number of phosphoric acid groups is 2. The zero-order valence-corrected chi connectivity index (χ0v) is 57.2. The molecule has 0 fully saturated rings. The van der Waals surface area contributed by atoms with E-state index in [0.29, 0.717) is 25.7 Å². The normalized spacial score (nSPS) is 14.2. The number of esters is 4. The molecule has 3 N–H and O–H groups in total. The van der Waals surface area contributed by atoms with Crippen LogP contribution in [0.15, 0.2) is 0 Å². The molecule has 0 radical (unpaired) electrons. The van der Waals surface area contributed by atoms with Crippen LogP contribution in [0.1, 0.15) is 343 Å². The van der Waals surface area contributed by atoms with Gasteiger partial charge in [-0.3, -0.25) is 37.3 Å². The van der Waals surface area contributed by atoms with Gasteiger partial charge in [0.15, 0.2) is 12.2 Å². The third-order valence-corrected chi connectivity index (χ3v) is 17.4. The monoisotopic (exact) mass is 1270 g/mol. The van der Waals surface area contributed by atoms with E-state index >= 15 is 0 Å². The van der Waals surface area contributed by atoms with Crippen molar-refractivity contribution in [3.63, 3.8) is 0 Å².